The van der Waals surface area contributed by atoms with Crippen LogP contribution >= 0.6 is 0 Å². The number of fused-ring (bicyclic) bond motifs is 10. The van der Waals surface area contributed by atoms with Crippen molar-refractivity contribution in [2.75, 3.05) is 0 Å². The van der Waals surface area contributed by atoms with E-state index in [-0.39, 0.29) is 0 Å². The molecule has 12 rings (SSSR count). The normalized spacial score (nSPS) is 11.8. The number of hydrogen-bond acceptors (Lipinski definition) is 4. The molecule has 0 unspecified atom stereocenters. The Labute approximate surface area is 332 Å². The molecule has 3 aromatic heterocycles. The molecule has 0 N–H and O–H groups in total. The van der Waals surface area contributed by atoms with Gasteiger partial charge in [-0.25, -0.2) is 0 Å². The summed E-state index contributed by atoms with van der Waals surface area (Å²) in [5.41, 5.74) is 10.5. The van der Waals surface area contributed by atoms with E-state index >= 15 is 0 Å². The van der Waals surface area contributed by atoms with Crippen LogP contribution in [0.25, 0.3) is 116 Å². The molecule has 5 nitrogen and oxygen atoms in total. The second kappa shape index (κ2) is 12.8. The zero-order valence-electron chi connectivity index (χ0n) is 31.1. The number of benzene rings is 9. The van der Waals surface area contributed by atoms with Crippen molar-refractivity contribution < 1.29 is 13.4 Å². The Morgan fingerprint density at radius 1 is 0.397 bits per heavy atom. The maximum Gasteiger partial charge on any atom is 0.308 e. The number of hydrogen-bond donors (Lipinski definition) is 0. The minimum Gasteiger partial charge on any atom is -0.455 e. The van der Waals surface area contributed by atoms with E-state index in [1.165, 1.54) is 0 Å². The standard InChI is InChI=1S/C53H32N3O2/c1-4-17-33(18-5-1)36-27-16-28-39-42(36)31-43(47-40-25-12-14-29-44(40)57-50(39)47)52-54-32-56(53(55-52)35-21-8-3-9-22-35)49-46(34-19-6-2-7-20-34)37-23-10-11-24-38(37)51-48(49)41-26-13-15-30-45(41)58-51/h1-32H/q+1. The molecule has 0 amide bonds. The highest BCUT2D eigenvalue weighted by molar-refractivity contribution is 6.24. The van der Waals surface area contributed by atoms with Crippen molar-refractivity contribution in [3.63, 3.8) is 0 Å². The van der Waals surface area contributed by atoms with Gasteiger partial charge >= 0.3 is 5.82 Å². The fraction of sp³-hybridized carbons (Fsp3) is 0. The predicted octanol–water partition coefficient (Wildman–Crippen LogP) is 13.5. The third-order valence-corrected chi connectivity index (χ3v) is 11.4. The van der Waals surface area contributed by atoms with Gasteiger partial charge in [0.25, 0.3) is 5.82 Å². The second-order valence-corrected chi connectivity index (χ2v) is 14.7. The summed E-state index contributed by atoms with van der Waals surface area (Å²) in [5, 5.41) is 8.30. The first-order chi connectivity index (χ1) is 28.8. The summed E-state index contributed by atoms with van der Waals surface area (Å²) in [7, 11) is 0. The topological polar surface area (TPSA) is 55.9 Å². The van der Waals surface area contributed by atoms with Crippen LogP contribution in [0.15, 0.2) is 203 Å². The number of furan rings is 2. The lowest BCUT2D eigenvalue weighted by Crippen LogP contribution is -2.36. The van der Waals surface area contributed by atoms with E-state index < -0.39 is 0 Å². The first-order valence-corrected chi connectivity index (χ1v) is 19.5. The largest absolute Gasteiger partial charge is 0.455 e. The average Bonchev–Trinajstić information content (AvgIpc) is 3.89. The number of para-hydroxylation sites is 2. The fourth-order valence-electron chi connectivity index (χ4n) is 8.88. The van der Waals surface area contributed by atoms with Crippen LogP contribution in [0.5, 0.6) is 0 Å². The van der Waals surface area contributed by atoms with Crippen LogP contribution in [0.2, 0.25) is 0 Å². The summed E-state index contributed by atoms with van der Waals surface area (Å²) < 4.78 is 15.7. The summed E-state index contributed by atoms with van der Waals surface area (Å²) >= 11 is 0. The van der Waals surface area contributed by atoms with E-state index in [9.17, 15) is 0 Å². The smallest absolute Gasteiger partial charge is 0.308 e. The summed E-state index contributed by atoms with van der Waals surface area (Å²) in [6, 6.07) is 65.3. The van der Waals surface area contributed by atoms with Crippen LogP contribution in [-0.4, -0.2) is 9.97 Å². The van der Waals surface area contributed by atoms with Crippen LogP contribution in [0.1, 0.15) is 0 Å². The number of rotatable bonds is 5. The quantitative estimate of drug-likeness (QED) is 0.165. The van der Waals surface area contributed by atoms with Crippen molar-refractivity contribution in [3.05, 3.63) is 194 Å². The van der Waals surface area contributed by atoms with Crippen molar-refractivity contribution in [3.8, 4) is 50.7 Å². The van der Waals surface area contributed by atoms with Gasteiger partial charge in [0.15, 0.2) is 0 Å². The minimum absolute atomic E-state index is 0.603. The highest BCUT2D eigenvalue weighted by Gasteiger charge is 2.30. The molecule has 0 aliphatic heterocycles. The second-order valence-electron chi connectivity index (χ2n) is 14.7. The van der Waals surface area contributed by atoms with E-state index in [2.05, 4.69) is 162 Å². The molecule has 3 heterocycles. The molecule has 270 valence electrons. The van der Waals surface area contributed by atoms with E-state index in [4.69, 9.17) is 18.8 Å². The minimum atomic E-state index is 0.603. The SMILES string of the molecule is c1ccc(-c2cccc3c2cc(-c2nc[n+](-c4c(-c5ccccc5)c5ccccc5c5oc6ccccc6c45)c(-c4ccccc4)n2)c2c4ccccc4oc32)cc1. The Morgan fingerprint density at radius 2 is 0.914 bits per heavy atom. The van der Waals surface area contributed by atoms with Gasteiger partial charge in [-0.1, -0.05) is 168 Å². The predicted molar refractivity (Wildman–Crippen MR) is 235 cm³/mol. The van der Waals surface area contributed by atoms with Crippen molar-refractivity contribution in [1.82, 2.24) is 9.97 Å². The van der Waals surface area contributed by atoms with Gasteiger partial charge in [0, 0.05) is 32.5 Å². The van der Waals surface area contributed by atoms with Gasteiger partial charge in [-0.15, -0.1) is 0 Å². The molecule has 12 aromatic rings. The summed E-state index contributed by atoms with van der Waals surface area (Å²) in [6.07, 6.45) is 1.95. The van der Waals surface area contributed by atoms with Gasteiger partial charge in [0.1, 0.15) is 28.0 Å². The number of aromatic nitrogens is 3. The maximum atomic E-state index is 6.76. The Bertz CT molecular complexity index is 3550. The molecule has 5 heteroatoms. The lowest BCUT2D eigenvalue weighted by atomic mass is 9.92. The molecule has 58 heavy (non-hydrogen) atoms. The van der Waals surface area contributed by atoms with E-state index in [0.29, 0.717) is 5.82 Å². The molecule has 0 fully saturated rings. The van der Waals surface area contributed by atoms with Crippen molar-refractivity contribution in [1.29, 1.82) is 0 Å². The lowest BCUT2D eigenvalue weighted by molar-refractivity contribution is -0.588. The van der Waals surface area contributed by atoms with Crippen LogP contribution in [0, 0.1) is 0 Å². The van der Waals surface area contributed by atoms with Gasteiger partial charge in [0.05, 0.1) is 16.5 Å². The fourth-order valence-corrected chi connectivity index (χ4v) is 8.88. The van der Waals surface area contributed by atoms with Gasteiger partial charge in [-0.3, -0.25) is 0 Å². The van der Waals surface area contributed by atoms with E-state index in [1.54, 1.807) is 0 Å². The third-order valence-electron chi connectivity index (χ3n) is 11.4. The molecule has 0 radical (unpaired) electrons. The van der Waals surface area contributed by atoms with Gasteiger partial charge in [0.2, 0.25) is 6.33 Å². The van der Waals surface area contributed by atoms with Crippen molar-refractivity contribution >= 4 is 65.4 Å². The maximum absolute atomic E-state index is 6.76. The van der Waals surface area contributed by atoms with Gasteiger partial charge in [-0.05, 0) is 57.8 Å². The molecule has 9 aromatic carbocycles. The Kier molecular flexibility index (Phi) is 7.16. The van der Waals surface area contributed by atoms with E-state index in [0.717, 1.165) is 110 Å². The molecule has 0 bridgehead atoms. The van der Waals surface area contributed by atoms with Crippen LogP contribution in [-0.2, 0) is 0 Å². The molecule has 0 spiro atoms. The average molecular weight is 743 g/mol. The van der Waals surface area contributed by atoms with E-state index in [1.807, 2.05) is 36.7 Å². The molecule has 0 aliphatic carbocycles. The summed E-state index contributed by atoms with van der Waals surface area (Å²) in [6.45, 7) is 0. The third kappa shape index (κ3) is 4.87. The molecular formula is C53H32N3O2+. The Balaban J connectivity index is 1.23. The van der Waals surface area contributed by atoms with Crippen LogP contribution < -0.4 is 4.57 Å². The Hall–Kier alpha value is -7.89. The van der Waals surface area contributed by atoms with Gasteiger partial charge < -0.3 is 8.83 Å². The van der Waals surface area contributed by atoms with Crippen molar-refractivity contribution in [2.45, 2.75) is 0 Å². The van der Waals surface area contributed by atoms with Gasteiger partial charge in [-0.2, -0.15) is 4.57 Å². The zero-order chi connectivity index (χ0) is 38.2. The number of nitrogens with zero attached hydrogens (tertiary/aromatic N) is 3. The Morgan fingerprint density at radius 3 is 1.60 bits per heavy atom. The van der Waals surface area contributed by atoms with Crippen LogP contribution in [0.4, 0.5) is 0 Å². The molecule has 0 saturated heterocycles. The highest BCUT2D eigenvalue weighted by atomic mass is 16.3. The zero-order valence-corrected chi connectivity index (χ0v) is 31.1. The summed E-state index contributed by atoms with van der Waals surface area (Å²) in [4.78, 5) is 10.9. The monoisotopic (exact) mass is 742 g/mol. The lowest BCUT2D eigenvalue weighted by Gasteiger charge is -2.16. The first kappa shape index (κ1) is 32.4. The van der Waals surface area contributed by atoms with Crippen molar-refractivity contribution in [2.24, 2.45) is 0 Å². The molecule has 0 aliphatic rings. The summed E-state index contributed by atoms with van der Waals surface area (Å²) in [5.74, 6) is 1.36. The highest BCUT2D eigenvalue weighted by Crippen LogP contribution is 2.46. The van der Waals surface area contributed by atoms with Crippen LogP contribution in [0.3, 0.4) is 0 Å². The molecule has 0 saturated carbocycles. The molecular weight excluding hydrogens is 711 g/mol. The molecule has 0 atom stereocenters. The first-order valence-electron chi connectivity index (χ1n) is 19.5.